The van der Waals surface area contributed by atoms with E-state index in [1.807, 2.05) is 25.1 Å². The van der Waals surface area contributed by atoms with Crippen molar-refractivity contribution in [2.75, 3.05) is 11.1 Å². The van der Waals surface area contributed by atoms with Crippen molar-refractivity contribution < 1.29 is 18.0 Å². The van der Waals surface area contributed by atoms with Gasteiger partial charge in [0, 0.05) is 6.20 Å². The van der Waals surface area contributed by atoms with Gasteiger partial charge < -0.3 is 5.32 Å². The van der Waals surface area contributed by atoms with Gasteiger partial charge in [0.2, 0.25) is 5.91 Å². The number of aryl methyl sites for hydroxylation is 1. The molecule has 0 radical (unpaired) electrons. The first-order valence-corrected chi connectivity index (χ1v) is 8.81. The molecule has 0 unspecified atom stereocenters. The van der Waals surface area contributed by atoms with Crippen molar-refractivity contribution in [2.24, 2.45) is 0 Å². The van der Waals surface area contributed by atoms with Crippen LogP contribution >= 0.6 is 23.1 Å². The van der Waals surface area contributed by atoms with Crippen molar-refractivity contribution in [3.63, 3.8) is 0 Å². The van der Waals surface area contributed by atoms with Gasteiger partial charge in [0.25, 0.3) is 0 Å². The average molecular weight is 384 g/mol. The summed E-state index contributed by atoms with van der Waals surface area (Å²) in [6.07, 6.45) is -3.52. The number of anilines is 1. The van der Waals surface area contributed by atoms with Crippen molar-refractivity contribution in [3.05, 3.63) is 41.7 Å². The number of carbonyl (C=O) groups excluding carboxylic acids is 1. The molecule has 3 aromatic rings. The van der Waals surface area contributed by atoms with Crippen molar-refractivity contribution in [1.82, 2.24) is 15.0 Å². The monoisotopic (exact) mass is 384 g/mol. The Labute approximate surface area is 148 Å². The molecule has 3 rings (SSSR count). The van der Waals surface area contributed by atoms with Crippen LogP contribution in [0, 0.1) is 6.92 Å². The van der Waals surface area contributed by atoms with Gasteiger partial charge in [-0.1, -0.05) is 29.2 Å². The number of nitrogens with one attached hydrogen (secondary N) is 1. The molecule has 1 N–H and O–H groups in total. The van der Waals surface area contributed by atoms with Gasteiger partial charge in [0.15, 0.2) is 10.3 Å². The standard InChI is InChI=1S/C15H11F3N4OS2/c1-8-2-3-9-10(6-8)25-14(20-9)22-12(23)7-24-13-19-5-4-11(21-13)15(16,17)18/h2-6H,7H2,1H3,(H,20,22,23). The maximum absolute atomic E-state index is 12.6. The van der Waals surface area contributed by atoms with Crippen LogP contribution in [-0.4, -0.2) is 26.6 Å². The molecule has 0 aliphatic heterocycles. The Balaban J connectivity index is 1.62. The third kappa shape index (κ3) is 4.45. The summed E-state index contributed by atoms with van der Waals surface area (Å²) in [5, 5.41) is 2.97. The molecular formula is C15H11F3N4OS2. The SMILES string of the molecule is Cc1ccc2nc(NC(=O)CSc3nccc(C(F)(F)F)n3)sc2c1. The Bertz CT molecular complexity index is 927. The van der Waals surface area contributed by atoms with Gasteiger partial charge in [0.05, 0.1) is 16.0 Å². The molecule has 0 saturated carbocycles. The number of amides is 1. The largest absolute Gasteiger partial charge is 0.433 e. The van der Waals surface area contributed by atoms with Crippen LogP contribution in [0.15, 0.2) is 35.6 Å². The summed E-state index contributed by atoms with van der Waals surface area (Å²) in [5.74, 6) is -0.502. The van der Waals surface area contributed by atoms with Gasteiger partial charge in [-0.3, -0.25) is 4.79 Å². The molecule has 0 atom stereocenters. The van der Waals surface area contributed by atoms with Gasteiger partial charge >= 0.3 is 6.18 Å². The molecule has 10 heteroatoms. The lowest BCUT2D eigenvalue weighted by Gasteiger charge is -2.06. The molecule has 0 spiro atoms. The first-order valence-electron chi connectivity index (χ1n) is 7.01. The second-order valence-electron chi connectivity index (χ2n) is 5.05. The molecular weight excluding hydrogens is 373 g/mol. The number of alkyl halides is 3. The number of aromatic nitrogens is 3. The molecule has 1 aromatic carbocycles. The minimum Gasteiger partial charge on any atom is -0.301 e. The summed E-state index contributed by atoms with van der Waals surface area (Å²) in [6, 6.07) is 6.54. The highest BCUT2D eigenvalue weighted by molar-refractivity contribution is 7.99. The Kier molecular flexibility index (Phi) is 4.91. The minimum atomic E-state index is -4.54. The molecule has 2 aromatic heterocycles. The smallest absolute Gasteiger partial charge is 0.301 e. The van der Waals surface area contributed by atoms with E-state index in [9.17, 15) is 18.0 Å². The summed E-state index contributed by atoms with van der Waals surface area (Å²) in [4.78, 5) is 23.4. The quantitative estimate of drug-likeness (QED) is 0.541. The van der Waals surface area contributed by atoms with Crippen molar-refractivity contribution in [3.8, 4) is 0 Å². The van der Waals surface area contributed by atoms with Crippen molar-refractivity contribution in [2.45, 2.75) is 18.3 Å². The number of halogens is 3. The zero-order valence-electron chi connectivity index (χ0n) is 12.8. The zero-order chi connectivity index (χ0) is 18.0. The van der Waals surface area contributed by atoms with Crippen molar-refractivity contribution in [1.29, 1.82) is 0 Å². The van der Waals surface area contributed by atoms with Crippen LogP contribution < -0.4 is 5.32 Å². The normalized spacial score (nSPS) is 11.7. The lowest BCUT2D eigenvalue weighted by molar-refractivity contribution is -0.141. The van der Waals surface area contributed by atoms with Crippen LogP contribution in [0.4, 0.5) is 18.3 Å². The van der Waals surface area contributed by atoms with Crippen LogP contribution in [0.25, 0.3) is 10.2 Å². The number of fused-ring (bicyclic) bond motifs is 1. The van der Waals surface area contributed by atoms with Crippen LogP contribution in [0.2, 0.25) is 0 Å². The van der Waals surface area contributed by atoms with Gasteiger partial charge in [-0.25, -0.2) is 15.0 Å². The number of hydrogen-bond acceptors (Lipinski definition) is 6. The third-order valence-electron chi connectivity index (χ3n) is 3.05. The first-order chi connectivity index (χ1) is 11.8. The van der Waals surface area contributed by atoms with E-state index in [2.05, 4.69) is 20.3 Å². The summed E-state index contributed by atoms with van der Waals surface area (Å²) >= 11 is 2.16. The second-order valence-corrected chi connectivity index (χ2v) is 7.02. The maximum Gasteiger partial charge on any atom is 0.433 e. The van der Waals surface area contributed by atoms with E-state index < -0.39 is 11.9 Å². The highest BCUT2D eigenvalue weighted by Gasteiger charge is 2.32. The Hall–Kier alpha value is -2.20. The van der Waals surface area contributed by atoms with Gasteiger partial charge in [-0.2, -0.15) is 13.2 Å². The Morgan fingerprint density at radius 1 is 1.28 bits per heavy atom. The van der Waals surface area contributed by atoms with Gasteiger partial charge in [0.1, 0.15) is 5.69 Å². The molecule has 25 heavy (non-hydrogen) atoms. The summed E-state index contributed by atoms with van der Waals surface area (Å²) in [5.41, 5.74) is 0.831. The van der Waals surface area contributed by atoms with E-state index in [-0.39, 0.29) is 16.8 Å². The average Bonchev–Trinajstić information content (AvgIpc) is 2.93. The van der Waals surface area contributed by atoms with Gasteiger partial charge in [-0.15, -0.1) is 0 Å². The minimum absolute atomic E-state index is 0.107. The van der Waals surface area contributed by atoms with Crippen LogP contribution in [0.5, 0.6) is 0 Å². The molecule has 0 aliphatic carbocycles. The third-order valence-corrected chi connectivity index (χ3v) is 4.84. The molecule has 5 nitrogen and oxygen atoms in total. The molecule has 0 aliphatic rings. The van der Waals surface area contributed by atoms with Crippen LogP contribution in [-0.2, 0) is 11.0 Å². The first kappa shape index (κ1) is 17.6. The second kappa shape index (κ2) is 6.96. The Morgan fingerprint density at radius 3 is 2.84 bits per heavy atom. The van der Waals surface area contributed by atoms with Crippen molar-refractivity contribution >= 4 is 44.4 Å². The lowest BCUT2D eigenvalue weighted by Crippen LogP contribution is -2.14. The fraction of sp³-hybridized carbons (Fsp3) is 0.200. The molecule has 1 amide bonds. The number of hydrogen-bond donors (Lipinski definition) is 1. The van der Waals surface area contributed by atoms with E-state index >= 15 is 0 Å². The number of carbonyl (C=O) groups is 1. The summed E-state index contributed by atoms with van der Waals surface area (Å²) in [7, 11) is 0. The number of thiazole rings is 1. The predicted molar refractivity (Wildman–Crippen MR) is 90.7 cm³/mol. The zero-order valence-corrected chi connectivity index (χ0v) is 14.4. The highest BCUT2D eigenvalue weighted by atomic mass is 32.2. The number of thioether (sulfide) groups is 1. The highest BCUT2D eigenvalue weighted by Crippen LogP contribution is 2.29. The molecule has 130 valence electrons. The summed E-state index contributed by atoms with van der Waals surface area (Å²) < 4.78 is 38.7. The van der Waals surface area contributed by atoms with E-state index in [0.29, 0.717) is 5.13 Å². The molecule has 0 fully saturated rings. The number of nitrogens with zero attached hydrogens (tertiary/aromatic N) is 3. The molecule has 2 heterocycles. The van der Waals surface area contributed by atoms with E-state index in [1.54, 1.807) is 0 Å². The number of benzene rings is 1. The maximum atomic E-state index is 12.6. The topological polar surface area (TPSA) is 67.8 Å². The predicted octanol–water partition coefficient (Wildman–Crippen LogP) is 4.14. The Morgan fingerprint density at radius 2 is 2.08 bits per heavy atom. The van der Waals surface area contributed by atoms with Gasteiger partial charge in [-0.05, 0) is 30.7 Å². The fourth-order valence-electron chi connectivity index (χ4n) is 1.94. The fourth-order valence-corrected chi connectivity index (χ4v) is 3.55. The van der Waals surface area contributed by atoms with E-state index in [4.69, 9.17) is 0 Å². The van der Waals surface area contributed by atoms with Crippen LogP contribution in [0.3, 0.4) is 0 Å². The van der Waals surface area contributed by atoms with Crippen LogP contribution in [0.1, 0.15) is 11.3 Å². The molecule has 0 saturated heterocycles. The number of rotatable bonds is 4. The lowest BCUT2D eigenvalue weighted by atomic mass is 10.2. The van der Waals surface area contributed by atoms with E-state index in [1.165, 1.54) is 11.3 Å². The van der Waals surface area contributed by atoms with E-state index in [0.717, 1.165) is 39.8 Å². The summed E-state index contributed by atoms with van der Waals surface area (Å²) in [6.45, 7) is 1.96. The molecule has 0 bridgehead atoms.